The second-order valence-electron chi connectivity index (χ2n) is 7.41. The molecule has 0 radical (unpaired) electrons. The first-order chi connectivity index (χ1) is 14.9. The zero-order valence-electron chi connectivity index (χ0n) is 17.6. The summed E-state index contributed by atoms with van der Waals surface area (Å²) in [7, 11) is 1.62. The third-order valence-electron chi connectivity index (χ3n) is 5.24. The van der Waals surface area contributed by atoms with Crippen molar-refractivity contribution in [1.29, 1.82) is 0 Å². The number of benzene rings is 2. The average molecular weight is 414 g/mol. The predicted molar refractivity (Wildman–Crippen MR) is 121 cm³/mol. The molecule has 0 bridgehead atoms. The third kappa shape index (κ3) is 3.66. The van der Waals surface area contributed by atoms with E-state index in [2.05, 4.69) is 4.98 Å². The molecule has 31 heavy (non-hydrogen) atoms. The van der Waals surface area contributed by atoms with Crippen molar-refractivity contribution in [2.24, 2.45) is 0 Å². The summed E-state index contributed by atoms with van der Waals surface area (Å²) in [6.45, 7) is 3.25. The third-order valence-corrected chi connectivity index (χ3v) is 5.24. The van der Waals surface area contributed by atoms with E-state index in [-0.39, 0.29) is 12.5 Å². The van der Waals surface area contributed by atoms with E-state index in [0.29, 0.717) is 33.7 Å². The maximum atomic E-state index is 13.4. The molecule has 7 nitrogen and oxygen atoms in total. The summed E-state index contributed by atoms with van der Waals surface area (Å²) in [4.78, 5) is 45.6. The van der Waals surface area contributed by atoms with Crippen molar-refractivity contribution in [3.8, 4) is 5.69 Å². The number of amides is 1. The molecular weight excluding hydrogens is 392 g/mol. The van der Waals surface area contributed by atoms with Crippen LogP contribution in [0.1, 0.15) is 11.3 Å². The minimum absolute atomic E-state index is 0.291. The highest BCUT2D eigenvalue weighted by molar-refractivity contribution is 5.92. The number of pyridine rings is 1. The van der Waals surface area contributed by atoms with E-state index in [1.165, 1.54) is 9.47 Å². The van der Waals surface area contributed by atoms with Crippen molar-refractivity contribution in [1.82, 2.24) is 14.1 Å². The molecule has 156 valence electrons. The molecule has 1 amide bonds. The molecule has 0 unspecified atom stereocenters. The number of carbonyl (C=O) groups is 1. The molecule has 2 heterocycles. The molecular formula is C24H22N4O3. The molecule has 0 fully saturated rings. The van der Waals surface area contributed by atoms with Gasteiger partial charge in [0, 0.05) is 18.4 Å². The van der Waals surface area contributed by atoms with Crippen LogP contribution in [0.4, 0.5) is 5.69 Å². The van der Waals surface area contributed by atoms with Gasteiger partial charge in [0.25, 0.3) is 5.56 Å². The number of aromatic nitrogens is 3. The first-order valence-electron chi connectivity index (χ1n) is 9.89. The van der Waals surface area contributed by atoms with Gasteiger partial charge in [0.15, 0.2) is 5.65 Å². The highest BCUT2D eigenvalue weighted by Gasteiger charge is 2.21. The average Bonchev–Trinajstić information content (AvgIpc) is 2.77. The topological polar surface area (TPSA) is 77.2 Å². The number of aryl methyl sites for hydroxylation is 2. The highest BCUT2D eigenvalue weighted by Crippen LogP contribution is 2.17. The molecule has 0 saturated heterocycles. The first-order valence-corrected chi connectivity index (χ1v) is 9.89. The molecule has 2 aromatic carbocycles. The van der Waals surface area contributed by atoms with Crippen LogP contribution in [0.5, 0.6) is 0 Å². The van der Waals surface area contributed by atoms with Gasteiger partial charge in [-0.25, -0.2) is 18.9 Å². The van der Waals surface area contributed by atoms with Gasteiger partial charge in [0.1, 0.15) is 6.54 Å². The molecule has 0 aliphatic rings. The van der Waals surface area contributed by atoms with Gasteiger partial charge in [0.05, 0.1) is 11.1 Å². The maximum Gasteiger partial charge on any atom is 0.337 e. The van der Waals surface area contributed by atoms with Crippen LogP contribution in [0.25, 0.3) is 16.7 Å². The monoisotopic (exact) mass is 414 g/mol. The minimum Gasteiger partial charge on any atom is -0.314 e. The Bertz CT molecular complexity index is 1390. The van der Waals surface area contributed by atoms with Crippen LogP contribution in [0.3, 0.4) is 0 Å². The number of carbonyl (C=O) groups excluding carboxylic acids is 1. The lowest BCUT2D eigenvalue weighted by molar-refractivity contribution is -0.119. The summed E-state index contributed by atoms with van der Waals surface area (Å²) in [6.07, 6.45) is 0. The quantitative estimate of drug-likeness (QED) is 0.515. The van der Waals surface area contributed by atoms with Crippen molar-refractivity contribution in [2.45, 2.75) is 20.4 Å². The van der Waals surface area contributed by atoms with E-state index >= 15 is 0 Å². The van der Waals surface area contributed by atoms with Crippen molar-refractivity contribution in [2.75, 3.05) is 11.9 Å². The van der Waals surface area contributed by atoms with Crippen LogP contribution in [0, 0.1) is 13.8 Å². The Hall–Kier alpha value is -4.00. The number of anilines is 1. The minimum atomic E-state index is -0.601. The SMILES string of the molecule is Cc1cc(C)c2c(=O)n(CC(=O)N(C)c3ccccc3)c(=O)n(-c3ccccc3)c2n1. The molecule has 0 aliphatic heterocycles. The van der Waals surface area contributed by atoms with Gasteiger partial charge in [-0.2, -0.15) is 0 Å². The van der Waals surface area contributed by atoms with Gasteiger partial charge in [-0.1, -0.05) is 36.4 Å². The number of hydrogen-bond acceptors (Lipinski definition) is 4. The van der Waals surface area contributed by atoms with Gasteiger partial charge < -0.3 is 4.90 Å². The molecule has 0 atom stereocenters. The summed E-state index contributed by atoms with van der Waals surface area (Å²) in [5.41, 5.74) is 1.83. The summed E-state index contributed by atoms with van der Waals surface area (Å²) in [5, 5.41) is 0.323. The molecule has 0 saturated carbocycles. The van der Waals surface area contributed by atoms with E-state index in [9.17, 15) is 14.4 Å². The zero-order valence-corrected chi connectivity index (χ0v) is 17.6. The smallest absolute Gasteiger partial charge is 0.314 e. The van der Waals surface area contributed by atoms with E-state index in [4.69, 9.17) is 0 Å². The number of nitrogens with zero attached hydrogens (tertiary/aromatic N) is 4. The van der Waals surface area contributed by atoms with Crippen molar-refractivity contribution < 1.29 is 4.79 Å². The van der Waals surface area contributed by atoms with E-state index in [1.54, 1.807) is 56.4 Å². The second kappa shape index (κ2) is 8.02. The van der Waals surface area contributed by atoms with Crippen molar-refractivity contribution >= 4 is 22.6 Å². The van der Waals surface area contributed by atoms with Crippen LogP contribution >= 0.6 is 0 Å². The van der Waals surface area contributed by atoms with Crippen molar-refractivity contribution in [3.63, 3.8) is 0 Å². The van der Waals surface area contributed by atoms with E-state index in [0.717, 1.165) is 4.57 Å². The van der Waals surface area contributed by atoms with Crippen LogP contribution in [0.15, 0.2) is 76.3 Å². The number of rotatable bonds is 4. The Morgan fingerprint density at radius 3 is 2.23 bits per heavy atom. The van der Waals surface area contributed by atoms with Gasteiger partial charge in [-0.3, -0.25) is 9.59 Å². The normalized spacial score (nSPS) is 10.9. The molecule has 0 aliphatic carbocycles. The van der Waals surface area contributed by atoms with Crippen LogP contribution in [0.2, 0.25) is 0 Å². The van der Waals surface area contributed by atoms with Gasteiger partial charge in [-0.05, 0) is 49.7 Å². The Morgan fingerprint density at radius 1 is 0.968 bits per heavy atom. The molecule has 7 heteroatoms. The van der Waals surface area contributed by atoms with Gasteiger partial charge >= 0.3 is 5.69 Å². The Morgan fingerprint density at radius 2 is 1.58 bits per heavy atom. The first kappa shape index (κ1) is 20.3. The number of hydrogen-bond donors (Lipinski definition) is 0. The molecule has 2 aromatic heterocycles. The lowest BCUT2D eigenvalue weighted by Crippen LogP contribution is -2.44. The molecule has 0 N–H and O–H groups in total. The van der Waals surface area contributed by atoms with Crippen molar-refractivity contribution in [3.05, 3.63) is 98.8 Å². The Balaban J connectivity index is 1.93. The predicted octanol–water partition coefficient (Wildman–Crippen LogP) is 2.83. The number of fused-ring (bicyclic) bond motifs is 1. The fourth-order valence-corrected chi connectivity index (χ4v) is 3.66. The van der Waals surface area contributed by atoms with E-state index < -0.39 is 11.2 Å². The van der Waals surface area contributed by atoms with Gasteiger partial charge in [0.2, 0.25) is 5.91 Å². The number of likely N-dealkylation sites (N-methyl/N-ethyl adjacent to an activating group) is 1. The zero-order chi connectivity index (χ0) is 22.1. The Kier molecular flexibility index (Phi) is 5.25. The fourth-order valence-electron chi connectivity index (χ4n) is 3.66. The standard InChI is InChI=1S/C24H22N4O3/c1-16-14-17(2)25-22-21(16)23(30)27(24(31)28(22)19-12-8-5-9-13-19)15-20(29)26(3)18-10-6-4-7-11-18/h4-14H,15H2,1-3H3. The maximum absolute atomic E-state index is 13.4. The van der Waals surface area contributed by atoms with Crippen LogP contribution in [-0.4, -0.2) is 27.1 Å². The van der Waals surface area contributed by atoms with Gasteiger partial charge in [-0.15, -0.1) is 0 Å². The van der Waals surface area contributed by atoms with E-state index in [1.807, 2.05) is 31.2 Å². The summed E-state index contributed by atoms with van der Waals surface area (Å²) >= 11 is 0. The molecule has 4 aromatic rings. The van der Waals surface area contributed by atoms with Crippen LogP contribution in [-0.2, 0) is 11.3 Å². The largest absolute Gasteiger partial charge is 0.337 e. The summed E-state index contributed by atoms with van der Waals surface area (Å²) < 4.78 is 2.38. The number of para-hydroxylation sites is 2. The summed E-state index contributed by atoms with van der Waals surface area (Å²) in [5.74, 6) is -0.373. The lowest BCUT2D eigenvalue weighted by atomic mass is 10.1. The molecule has 4 rings (SSSR count). The lowest BCUT2D eigenvalue weighted by Gasteiger charge is -2.19. The molecule has 0 spiro atoms. The Labute approximate surface area is 178 Å². The fraction of sp³-hybridized carbons (Fsp3) is 0.167. The highest BCUT2D eigenvalue weighted by atomic mass is 16.2. The summed E-state index contributed by atoms with van der Waals surface area (Å²) in [6, 6.07) is 19.9. The van der Waals surface area contributed by atoms with Crippen LogP contribution < -0.4 is 16.1 Å². The second-order valence-corrected chi connectivity index (χ2v) is 7.41.